The quantitative estimate of drug-likeness (QED) is 0.355. The Bertz CT molecular complexity index is 1620. The van der Waals surface area contributed by atoms with E-state index in [1.165, 1.54) is 32.7 Å². The number of aliphatic hydroxyl groups is 2. The maximum Gasteiger partial charge on any atom is 0.310 e. The fourth-order valence-electron chi connectivity index (χ4n) is 7.37. The second-order valence-electron chi connectivity index (χ2n) is 12.0. The number of ether oxygens (including phenoxy) is 10. The molecular formula is C33H34O13S. The van der Waals surface area contributed by atoms with Gasteiger partial charge in [0.15, 0.2) is 35.6 Å². The van der Waals surface area contributed by atoms with Gasteiger partial charge in [0.2, 0.25) is 12.5 Å². The van der Waals surface area contributed by atoms with Gasteiger partial charge >= 0.3 is 5.97 Å². The van der Waals surface area contributed by atoms with Gasteiger partial charge in [0.1, 0.15) is 24.4 Å². The summed E-state index contributed by atoms with van der Waals surface area (Å²) in [4.78, 5) is 14.4. The fraction of sp³-hybridized carbons (Fsp3) is 0.485. The maximum atomic E-state index is 13.6. The molecule has 3 fully saturated rings. The largest absolute Gasteiger partial charge is 0.493 e. The van der Waals surface area contributed by atoms with E-state index < -0.39 is 66.8 Å². The number of carbonyl (C=O) groups excluding carboxylic acids is 1. The third-order valence-electron chi connectivity index (χ3n) is 9.55. The van der Waals surface area contributed by atoms with Crippen molar-refractivity contribution in [2.45, 2.75) is 49.0 Å². The van der Waals surface area contributed by atoms with Gasteiger partial charge in [0.25, 0.3) is 0 Å². The Labute approximate surface area is 273 Å². The summed E-state index contributed by atoms with van der Waals surface area (Å²) in [5.41, 5.74) is 2.17. The molecule has 0 amide bonds. The molecule has 14 heteroatoms. The molecule has 13 nitrogen and oxygen atoms in total. The van der Waals surface area contributed by atoms with Crippen molar-refractivity contribution < 1.29 is 62.4 Å². The van der Waals surface area contributed by atoms with Crippen LogP contribution in [0.15, 0.2) is 41.8 Å². The van der Waals surface area contributed by atoms with Crippen LogP contribution in [0.1, 0.15) is 39.9 Å². The van der Waals surface area contributed by atoms with Crippen LogP contribution in [0.3, 0.4) is 0 Å². The lowest BCUT2D eigenvalue weighted by molar-refractivity contribution is -0.368. The lowest BCUT2D eigenvalue weighted by Crippen LogP contribution is -2.62. The molecular weight excluding hydrogens is 636 g/mol. The van der Waals surface area contributed by atoms with Gasteiger partial charge in [-0.3, -0.25) is 4.79 Å². The predicted molar refractivity (Wildman–Crippen MR) is 161 cm³/mol. The number of rotatable bonds is 7. The number of hydrogen-bond acceptors (Lipinski definition) is 14. The molecule has 1 aliphatic carbocycles. The second-order valence-corrected chi connectivity index (χ2v) is 12.9. The average molecular weight is 671 g/mol. The number of methoxy groups -OCH3 is 3. The van der Waals surface area contributed by atoms with Crippen molar-refractivity contribution in [3.05, 3.63) is 63.3 Å². The van der Waals surface area contributed by atoms with E-state index in [-0.39, 0.29) is 20.0 Å². The molecule has 8 rings (SSSR count). The van der Waals surface area contributed by atoms with Crippen molar-refractivity contribution in [2.24, 2.45) is 11.8 Å². The van der Waals surface area contributed by atoms with Crippen molar-refractivity contribution in [3.63, 3.8) is 0 Å². The zero-order valence-corrected chi connectivity index (χ0v) is 26.5. The summed E-state index contributed by atoms with van der Waals surface area (Å²) in [6, 6.07) is 11.1. The molecule has 1 aromatic heterocycles. The Morgan fingerprint density at radius 1 is 0.872 bits per heavy atom. The molecule has 2 N–H and O–H groups in total. The number of benzene rings is 2. The Balaban J connectivity index is 1.16. The van der Waals surface area contributed by atoms with E-state index in [0.29, 0.717) is 34.3 Å². The number of aliphatic hydroxyl groups excluding tert-OH is 2. The van der Waals surface area contributed by atoms with Crippen molar-refractivity contribution in [1.82, 2.24) is 0 Å². The molecule has 0 spiro atoms. The van der Waals surface area contributed by atoms with Crippen LogP contribution in [0.2, 0.25) is 0 Å². The number of cyclic esters (lactones) is 1. The van der Waals surface area contributed by atoms with Gasteiger partial charge < -0.3 is 57.6 Å². The summed E-state index contributed by atoms with van der Waals surface area (Å²) in [6.07, 6.45) is -7.07. The standard InChI is InChI=1S/C33H34O13S/c1-37-20-7-14(8-21(38-2)29(20)39-3)24-15-9-18-19(43-13-42-18)10-16(15)28(17-11-40-31(36)25(17)24)45-33-27(35)26(34)30-22(44-33)12-41-32(46-30)23-5-4-6-47-23/h4-10,17,22,24-28,30,32-35H,11-13H2,1-3H3/t17-,22+,24+,25-,26+,27+,28+,30+,32+,33-/m0/s1. The minimum atomic E-state index is -1.46. The molecule has 5 heterocycles. The fourth-order valence-corrected chi connectivity index (χ4v) is 8.08. The van der Waals surface area contributed by atoms with Crippen LogP contribution < -0.4 is 23.7 Å². The molecule has 5 aliphatic rings. The summed E-state index contributed by atoms with van der Waals surface area (Å²) in [7, 11) is 4.59. The van der Waals surface area contributed by atoms with E-state index in [1.807, 2.05) is 41.8 Å². The molecule has 10 atom stereocenters. The highest BCUT2D eigenvalue weighted by Gasteiger charge is 2.56. The highest BCUT2D eigenvalue weighted by molar-refractivity contribution is 7.10. The smallest absolute Gasteiger partial charge is 0.310 e. The SMILES string of the molecule is COc1cc([C@@H]2c3cc4c(cc3[C@@H](O[C@@H]3O[C@@H]5CO[C@@H](c6cccs6)O[C@H]5[C@H](O)[C@H]3O)[C@H]3COC(=O)[C@H]23)OCO4)cc(OC)c1OC. The molecule has 0 radical (unpaired) electrons. The lowest BCUT2D eigenvalue weighted by Gasteiger charge is -2.48. The first-order valence-electron chi connectivity index (χ1n) is 15.3. The Morgan fingerprint density at radius 3 is 2.30 bits per heavy atom. The van der Waals surface area contributed by atoms with E-state index in [9.17, 15) is 15.0 Å². The molecule has 4 aliphatic heterocycles. The molecule has 3 saturated heterocycles. The lowest BCUT2D eigenvalue weighted by atomic mass is 9.66. The monoisotopic (exact) mass is 670 g/mol. The minimum Gasteiger partial charge on any atom is -0.493 e. The normalized spacial score (nSPS) is 33.8. The van der Waals surface area contributed by atoms with E-state index in [4.69, 9.17) is 47.4 Å². The first kappa shape index (κ1) is 30.7. The average Bonchev–Trinajstić information content (AvgIpc) is 3.87. The van der Waals surface area contributed by atoms with Crippen LogP contribution in [0, 0.1) is 11.8 Å². The van der Waals surface area contributed by atoms with Gasteiger partial charge in [-0.05, 0) is 52.4 Å². The van der Waals surface area contributed by atoms with Gasteiger partial charge in [0, 0.05) is 11.8 Å². The highest BCUT2D eigenvalue weighted by Crippen LogP contribution is 2.57. The number of thiophene rings is 1. The topological polar surface area (TPSA) is 150 Å². The highest BCUT2D eigenvalue weighted by atomic mass is 32.1. The van der Waals surface area contributed by atoms with E-state index in [1.54, 1.807) is 0 Å². The van der Waals surface area contributed by atoms with Crippen LogP contribution >= 0.6 is 11.3 Å². The molecule has 2 aromatic carbocycles. The van der Waals surface area contributed by atoms with Gasteiger partial charge in [-0.25, -0.2) is 0 Å². The summed E-state index contributed by atoms with van der Waals surface area (Å²) in [5.74, 6) is 0.229. The van der Waals surface area contributed by atoms with Crippen molar-refractivity contribution in [1.29, 1.82) is 0 Å². The summed E-state index contributed by atoms with van der Waals surface area (Å²) in [5, 5.41) is 24.5. The summed E-state index contributed by atoms with van der Waals surface area (Å²) >= 11 is 1.47. The molecule has 0 bridgehead atoms. The number of carbonyl (C=O) groups is 1. The number of fused-ring (bicyclic) bond motifs is 4. The van der Waals surface area contributed by atoms with E-state index in [0.717, 1.165) is 16.0 Å². The van der Waals surface area contributed by atoms with E-state index in [2.05, 4.69) is 0 Å². The minimum absolute atomic E-state index is 0.0413. The second kappa shape index (κ2) is 12.1. The molecule has 250 valence electrons. The third-order valence-corrected chi connectivity index (χ3v) is 10.4. The first-order valence-corrected chi connectivity index (χ1v) is 16.2. The Kier molecular flexibility index (Phi) is 7.91. The first-order chi connectivity index (χ1) is 22.9. The van der Waals surface area contributed by atoms with Crippen molar-refractivity contribution >= 4 is 17.3 Å². The van der Waals surface area contributed by atoms with Crippen molar-refractivity contribution in [3.8, 4) is 28.7 Å². The third kappa shape index (κ3) is 5.01. The zero-order valence-electron chi connectivity index (χ0n) is 25.7. The molecule has 47 heavy (non-hydrogen) atoms. The number of hydrogen-bond donors (Lipinski definition) is 2. The van der Waals surface area contributed by atoms with Crippen LogP contribution in [0.5, 0.6) is 28.7 Å². The molecule has 0 saturated carbocycles. The van der Waals surface area contributed by atoms with Gasteiger partial charge in [0.05, 0.1) is 51.4 Å². The Morgan fingerprint density at radius 2 is 1.62 bits per heavy atom. The Hall–Kier alpha value is -3.63. The number of esters is 1. The van der Waals surface area contributed by atoms with E-state index >= 15 is 0 Å². The van der Waals surface area contributed by atoms with Crippen LogP contribution in [0.25, 0.3) is 0 Å². The van der Waals surface area contributed by atoms with Gasteiger partial charge in [-0.1, -0.05) is 6.07 Å². The zero-order chi connectivity index (χ0) is 32.4. The predicted octanol–water partition coefficient (Wildman–Crippen LogP) is 3.06. The van der Waals surface area contributed by atoms with Crippen LogP contribution in [-0.2, 0) is 28.5 Å². The summed E-state index contributed by atoms with van der Waals surface area (Å²) < 4.78 is 58.8. The van der Waals surface area contributed by atoms with Crippen LogP contribution in [-0.4, -0.2) is 88.2 Å². The molecule has 3 aromatic rings. The van der Waals surface area contributed by atoms with Gasteiger partial charge in [-0.15, -0.1) is 11.3 Å². The maximum absolute atomic E-state index is 13.6. The van der Waals surface area contributed by atoms with Gasteiger partial charge in [-0.2, -0.15) is 0 Å². The molecule has 0 unspecified atom stereocenters. The summed E-state index contributed by atoms with van der Waals surface area (Å²) in [6.45, 7) is 0.225. The van der Waals surface area contributed by atoms with Crippen molar-refractivity contribution in [2.75, 3.05) is 41.3 Å². The van der Waals surface area contributed by atoms with Crippen LogP contribution in [0.4, 0.5) is 0 Å².